The van der Waals surface area contributed by atoms with Crippen LogP contribution < -0.4 is 5.32 Å². The largest absolute Gasteiger partial charge is 0.479 e. The van der Waals surface area contributed by atoms with E-state index in [-0.39, 0.29) is 19.0 Å². The number of likely N-dealkylation sites (tertiary alicyclic amines) is 1. The van der Waals surface area contributed by atoms with E-state index in [1.54, 1.807) is 4.90 Å². The molecule has 2 amide bonds. The summed E-state index contributed by atoms with van der Waals surface area (Å²) in [5, 5.41) is 20.1. The standard InChI is InChI=1S/C11H20N2O4/c1-2-8-4-6-13(7-8)11(17)12-5-3-9(14)10(15)16/h8-9,14H,2-7H2,1H3,(H,12,17)(H,15,16)/t8?,9-/m0/s1. The monoisotopic (exact) mass is 244 g/mol. The molecule has 0 aliphatic carbocycles. The lowest BCUT2D eigenvalue weighted by Gasteiger charge is -2.17. The number of rotatable bonds is 5. The Bertz CT molecular complexity index is 283. The first-order chi connectivity index (χ1) is 8.04. The second-order valence-corrected chi connectivity index (χ2v) is 4.38. The Morgan fingerprint density at radius 1 is 1.53 bits per heavy atom. The number of urea groups is 1. The van der Waals surface area contributed by atoms with E-state index < -0.39 is 12.1 Å². The van der Waals surface area contributed by atoms with Crippen molar-refractivity contribution in [2.75, 3.05) is 19.6 Å². The number of carboxylic acid groups (broad SMARTS) is 1. The van der Waals surface area contributed by atoms with Gasteiger partial charge in [-0.15, -0.1) is 0 Å². The average molecular weight is 244 g/mol. The second kappa shape index (κ2) is 6.44. The van der Waals surface area contributed by atoms with Gasteiger partial charge in [0, 0.05) is 26.1 Å². The minimum atomic E-state index is -1.41. The molecule has 1 aliphatic rings. The summed E-state index contributed by atoms with van der Waals surface area (Å²) < 4.78 is 0. The zero-order valence-electron chi connectivity index (χ0n) is 10.1. The molecule has 0 bridgehead atoms. The summed E-state index contributed by atoms with van der Waals surface area (Å²) in [4.78, 5) is 23.7. The van der Waals surface area contributed by atoms with E-state index in [1.807, 2.05) is 0 Å². The summed E-state index contributed by atoms with van der Waals surface area (Å²) in [6.45, 7) is 3.81. The van der Waals surface area contributed by atoms with Gasteiger partial charge in [-0.3, -0.25) is 0 Å². The van der Waals surface area contributed by atoms with Crippen molar-refractivity contribution >= 4 is 12.0 Å². The van der Waals surface area contributed by atoms with Gasteiger partial charge in [-0.25, -0.2) is 9.59 Å². The molecule has 1 unspecified atom stereocenters. The van der Waals surface area contributed by atoms with Crippen LogP contribution in [-0.2, 0) is 4.79 Å². The second-order valence-electron chi connectivity index (χ2n) is 4.38. The number of carbonyl (C=O) groups is 2. The molecule has 6 nitrogen and oxygen atoms in total. The van der Waals surface area contributed by atoms with Crippen LogP contribution in [0.4, 0.5) is 4.79 Å². The smallest absolute Gasteiger partial charge is 0.332 e. The summed E-state index contributed by atoms with van der Waals surface area (Å²) in [6, 6.07) is -0.168. The van der Waals surface area contributed by atoms with Gasteiger partial charge in [-0.05, 0) is 12.3 Å². The maximum atomic E-state index is 11.6. The van der Waals surface area contributed by atoms with Crippen molar-refractivity contribution in [2.24, 2.45) is 5.92 Å². The highest BCUT2D eigenvalue weighted by Gasteiger charge is 2.24. The lowest BCUT2D eigenvalue weighted by Crippen LogP contribution is -2.40. The number of aliphatic carboxylic acids is 1. The highest BCUT2D eigenvalue weighted by Crippen LogP contribution is 2.18. The number of amides is 2. The predicted molar refractivity (Wildman–Crippen MR) is 61.6 cm³/mol. The Morgan fingerprint density at radius 2 is 2.24 bits per heavy atom. The van der Waals surface area contributed by atoms with Gasteiger partial charge in [-0.1, -0.05) is 13.3 Å². The van der Waals surface area contributed by atoms with Gasteiger partial charge in [0.25, 0.3) is 0 Å². The number of nitrogens with one attached hydrogen (secondary N) is 1. The topological polar surface area (TPSA) is 89.9 Å². The van der Waals surface area contributed by atoms with Crippen LogP contribution in [-0.4, -0.2) is 52.9 Å². The van der Waals surface area contributed by atoms with Crippen molar-refractivity contribution in [2.45, 2.75) is 32.3 Å². The Morgan fingerprint density at radius 3 is 2.76 bits per heavy atom. The lowest BCUT2D eigenvalue weighted by atomic mass is 10.1. The van der Waals surface area contributed by atoms with Gasteiger partial charge in [-0.2, -0.15) is 0 Å². The average Bonchev–Trinajstić information content (AvgIpc) is 2.77. The number of nitrogens with zero attached hydrogens (tertiary/aromatic N) is 1. The van der Waals surface area contributed by atoms with Crippen LogP contribution in [0.15, 0.2) is 0 Å². The number of aliphatic hydroxyl groups is 1. The van der Waals surface area contributed by atoms with E-state index >= 15 is 0 Å². The van der Waals surface area contributed by atoms with Gasteiger partial charge >= 0.3 is 12.0 Å². The van der Waals surface area contributed by atoms with Crippen molar-refractivity contribution in [1.82, 2.24) is 10.2 Å². The highest BCUT2D eigenvalue weighted by molar-refractivity contribution is 5.75. The Balaban J connectivity index is 2.20. The molecule has 1 heterocycles. The molecule has 0 aromatic rings. The van der Waals surface area contributed by atoms with Crippen molar-refractivity contribution in [3.63, 3.8) is 0 Å². The summed E-state index contributed by atoms with van der Waals surface area (Å²) in [5.74, 6) is -0.683. The molecule has 17 heavy (non-hydrogen) atoms. The summed E-state index contributed by atoms with van der Waals surface area (Å²) in [5.41, 5.74) is 0. The van der Waals surface area contributed by atoms with Gasteiger partial charge in [0.2, 0.25) is 0 Å². The van der Waals surface area contributed by atoms with E-state index in [4.69, 9.17) is 10.2 Å². The molecule has 1 saturated heterocycles. The Kier molecular flexibility index (Phi) is 5.21. The molecule has 0 radical (unpaired) electrons. The normalized spacial score (nSPS) is 21.3. The molecule has 0 aromatic heterocycles. The summed E-state index contributed by atoms with van der Waals surface area (Å²) >= 11 is 0. The molecule has 3 N–H and O–H groups in total. The molecule has 0 saturated carbocycles. The molecule has 1 fully saturated rings. The molecule has 1 rings (SSSR count). The third kappa shape index (κ3) is 4.22. The number of carbonyl (C=O) groups excluding carboxylic acids is 1. The van der Waals surface area contributed by atoms with Crippen molar-refractivity contribution in [3.05, 3.63) is 0 Å². The molecular weight excluding hydrogens is 224 g/mol. The fraction of sp³-hybridized carbons (Fsp3) is 0.818. The van der Waals surface area contributed by atoms with Crippen molar-refractivity contribution in [1.29, 1.82) is 0 Å². The quantitative estimate of drug-likeness (QED) is 0.647. The van der Waals surface area contributed by atoms with Crippen LogP contribution in [0.3, 0.4) is 0 Å². The van der Waals surface area contributed by atoms with Crippen molar-refractivity contribution in [3.8, 4) is 0 Å². The number of hydrogen-bond donors (Lipinski definition) is 3. The van der Waals surface area contributed by atoms with Crippen LogP contribution in [0.25, 0.3) is 0 Å². The summed E-state index contributed by atoms with van der Waals surface area (Å²) in [6.07, 6.45) is 0.729. The number of carboxylic acids is 1. The zero-order valence-corrected chi connectivity index (χ0v) is 10.1. The first-order valence-corrected chi connectivity index (χ1v) is 5.98. The van der Waals surface area contributed by atoms with Gasteiger partial charge in [0.1, 0.15) is 0 Å². The maximum absolute atomic E-state index is 11.6. The minimum Gasteiger partial charge on any atom is -0.479 e. The van der Waals surface area contributed by atoms with Gasteiger partial charge < -0.3 is 20.4 Å². The molecule has 98 valence electrons. The third-order valence-electron chi connectivity index (χ3n) is 3.13. The maximum Gasteiger partial charge on any atom is 0.332 e. The van der Waals surface area contributed by atoms with Crippen LogP contribution in [0.2, 0.25) is 0 Å². The van der Waals surface area contributed by atoms with Gasteiger partial charge in [0.05, 0.1) is 0 Å². The van der Waals surface area contributed by atoms with Crippen LogP contribution >= 0.6 is 0 Å². The number of hydrogen-bond acceptors (Lipinski definition) is 3. The summed E-state index contributed by atoms with van der Waals surface area (Å²) in [7, 11) is 0. The van der Waals surface area contributed by atoms with E-state index in [0.717, 1.165) is 25.9 Å². The Hall–Kier alpha value is -1.30. The number of aliphatic hydroxyl groups excluding tert-OH is 1. The van der Waals surface area contributed by atoms with E-state index in [0.29, 0.717) is 5.92 Å². The minimum absolute atomic E-state index is 0.0338. The first-order valence-electron chi connectivity index (χ1n) is 5.98. The molecule has 6 heteroatoms. The molecule has 0 aromatic carbocycles. The third-order valence-corrected chi connectivity index (χ3v) is 3.13. The fourth-order valence-corrected chi connectivity index (χ4v) is 1.90. The van der Waals surface area contributed by atoms with Crippen LogP contribution in [0, 0.1) is 5.92 Å². The highest BCUT2D eigenvalue weighted by atomic mass is 16.4. The molecule has 1 aliphatic heterocycles. The SMILES string of the molecule is CCC1CCN(C(=O)NCC[C@H](O)C(=O)O)C1. The predicted octanol–water partition coefficient (Wildman–Crippen LogP) is 0.263. The first kappa shape index (κ1) is 13.8. The van der Waals surface area contributed by atoms with E-state index in [2.05, 4.69) is 12.2 Å². The fourth-order valence-electron chi connectivity index (χ4n) is 1.90. The van der Waals surface area contributed by atoms with E-state index in [1.165, 1.54) is 0 Å². The molecule has 2 atom stereocenters. The van der Waals surface area contributed by atoms with Crippen molar-refractivity contribution < 1.29 is 19.8 Å². The molecular formula is C11H20N2O4. The zero-order chi connectivity index (χ0) is 12.8. The molecule has 0 spiro atoms. The lowest BCUT2D eigenvalue weighted by molar-refractivity contribution is -0.146. The van der Waals surface area contributed by atoms with E-state index in [9.17, 15) is 9.59 Å². The van der Waals surface area contributed by atoms with Crippen LogP contribution in [0.5, 0.6) is 0 Å². The van der Waals surface area contributed by atoms with Crippen LogP contribution in [0.1, 0.15) is 26.2 Å². The Labute approximate surface area is 101 Å². The van der Waals surface area contributed by atoms with Gasteiger partial charge in [0.15, 0.2) is 6.10 Å².